The molecule has 0 saturated heterocycles. The summed E-state index contributed by atoms with van der Waals surface area (Å²) in [4.78, 5) is 0. The van der Waals surface area contributed by atoms with Crippen LogP contribution in [0.4, 0.5) is 5.69 Å². The smallest absolute Gasteiger partial charge is 0.0819 e. The fourth-order valence-corrected chi connectivity index (χ4v) is 2.84. The Balaban J connectivity index is 1.95. The molecule has 106 valence electrons. The molecule has 1 saturated carbocycles. The number of benzene rings is 1. The van der Waals surface area contributed by atoms with E-state index in [0.717, 1.165) is 31.4 Å². The van der Waals surface area contributed by atoms with Gasteiger partial charge in [-0.05, 0) is 36.5 Å². The SMILES string of the molecule is CC(C)c1cccc(NCC2(O)CCCCCC2)c1. The summed E-state index contributed by atoms with van der Waals surface area (Å²) in [6.45, 7) is 5.09. The molecule has 1 fully saturated rings. The van der Waals surface area contributed by atoms with Gasteiger partial charge >= 0.3 is 0 Å². The highest BCUT2D eigenvalue weighted by molar-refractivity contribution is 5.46. The minimum atomic E-state index is -0.510. The highest BCUT2D eigenvalue weighted by Gasteiger charge is 2.27. The van der Waals surface area contributed by atoms with Crippen LogP contribution in [0, 0.1) is 0 Å². The van der Waals surface area contributed by atoms with Crippen LogP contribution < -0.4 is 5.32 Å². The van der Waals surface area contributed by atoms with Gasteiger partial charge in [0.25, 0.3) is 0 Å². The third-order valence-electron chi connectivity index (χ3n) is 4.21. The second-order valence-corrected chi connectivity index (χ2v) is 6.27. The molecule has 1 aromatic rings. The average molecular weight is 261 g/mol. The molecule has 0 atom stereocenters. The summed E-state index contributed by atoms with van der Waals surface area (Å²) in [5.74, 6) is 0.544. The van der Waals surface area contributed by atoms with Gasteiger partial charge in [0.15, 0.2) is 0 Å². The Hall–Kier alpha value is -1.02. The summed E-state index contributed by atoms with van der Waals surface area (Å²) in [6.07, 6.45) is 6.72. The van der Waals surface area contributed by atoms with E-state index < -0.39 is 5.60 Å². The number of rotatable bonds is 4. The fraction of sp³-hybridized carbons (Fsp3) is 0.647. The first-order valence-corrected chi connectivity index (χ1v) is 7.65. The lowest BCUT2D eigenvalue weighted by molar-refractivity contribution is 0.0381. The fourth-order valence-electron chi connectivity index (χ4n) is 2.84. The van der Waals surface area contributed by atoms with Crippen molar-refractivity contribution >= 4 is 5.69 Å². The van der Waals surface area contributed by atoms with Gasteiger partial charge in [0.05, 0.1) is 5.60 Å². The van der Waals surface area contributed by atoms with Crippen LogP contribution in [0.25, 0.3) is 0 Å². The number of anilines is 1. The first-order chi connectivity index (χ1) is 9.09. The number of hydrogen-bond acceptors (Lipinski definition) is 2. The summed E-state index contributed by atoms with van der Waals surface area (Å²) in [7, 11) is 0. The van der Waals surface area contributed by atoms with E-state index in [9.17, 15) is 5.11 Å². The van der Waals surface area contributed by atoms with E-state index in [1.54, 1.807) is 0 Å². The van der Waals surface area contributed by atoms with Crippen molar-refractivity contribution in [3.63, 3.8) is 0 Å². The van der Waals surface area contributed by atoms with E-state index in [-0.39, 0.29) is 0 Å². The van der Waals surface area contributed by atoms with Gasteiger partial charge in [0.2, 0.25) is 0 Å². The third-order valence-corrected chi connectivity index (χ3v) is 4.21. The predicted octanol–water partition coefficient (Wildman–Crippen LogP) is 4.31. The first-order valence-electron chi connectivity index (χ1n) is 7.65. The van der Waals surface area contributed by atoms with Crippen molar-refractivity contribution in [2.75, 3.05) is 11.9 Å². The summed E-state index contributed by atoms with van der Waals surface area (Å²) in [5.41, 5.74) is 1.96. The van der Waals surface area contributed by atoms with Crippen LogP contribution in [0.1, 0.15) is 63.9 Å². The molecule has 0 aliphatic heterocycles. The van der Waals surface area contributed by atoms with Gasteiger partial charge in [0, 0.05) is 12.2 Å². The van der Waals surface area contributed by atoms with Crippen LogP contribution >= 0.6 is 0 Å². The maximum Gasteiger partial charge on any atom is 0.0819 e. The first kappa shape index (κ1) is 14.4. The Morgan fingerprint density at radius 2 is 1.84 bits per heavy atom. The Bertz CT molecular complexity index is 392. The molecule has 1 aliphatic carbocycles. The number of aliphatic hydroxyl groups is 1. The zero-order valence-corrected chi connectivity index (χ0v) is 12.3. The van der Waals surface area contributed by atoms with E-state index in [2.05, 4.69) is 43.4 Å². The van der Waals surface area contributed by atoms with Gasteiger partial charge in [-0.3, -0.25) is 0 Å². The van der Waals surface area contributed by atoms with Gasteiger partial charge in [-0.2, -0.15) is 0 Å². The molecule has 2 N–H and O–H groups in total. The molecule has 0 bridgehead atoms. The molecule has 0 radical (unpaired) electrons. The molecule has 1 aliphatic rings. The second kappa shape index (κ2) is 6.42. The van der Waals surface area contributed by atoms with Crippen LogP contribution in [0.2, 0.25) is 0 Å². The largest absolute Gasteiger partial charge is 0.388 e. The molecule has 0 heterocycles. The number of hydrogen-bond donors (Lipinski definition) is 2. The lowest BCUT2D eigenvalue weighted by Crippen LogP contribution is -2.36. The minimum Gasteiger partial charge on any atom is -0.388 e. The van der Waals surface area contributed by atoms with Crippen LogP contribution in [-0.4, -0.2) is 17.3 Å². The molecular formula is C17H27NO. The highest BCUT2D eigenvalue weighted by atomic mass is 16.3. The molecule has 0 unspecified atom stereocenters. The van der Waals surface area contributed by atoms with Gasteiger partial charge in [0.1, 0.15) is 0 Å². The van der Waals surface area contributed by atoms with Gasteiger partial charge in [-0.25, -0.2) is 0 Å². The Kier molecular flexibility index (Phi) is 4.87. The zero-order chi connectivity index (χ0) is 13.7. The van der Waals surface area contributed by atoms with E-state index >= 15 is 0 Å². The van der Waals surface area contributed by atoms with E-state index in [4.69, 9.17) is 0 Å². The van der Waals surface area contributed by atoms with Crippen molar-refractivity contribution in [3.05, 3.63) is 29.8 Å². The van der Waals surface area contributed by atoms with Crippen molar-refractivity contribution < 1.29 is 5.11 Å². The number of nitrogens with one attached hydrogen (secondary N) is 1. The highest BCUT2D eigenvalue weighted by Crippen LogP contribution is 2.27. The van der Waals surface area contributed by atoms with Crippen molar-refractivity contribution in [3.8, 4) is 0 Å². The molecule has 0 amide bonds. The van der Waals surface area contributed by atoms with Crippen LogP contribution in [0.15, 0.2) is 24.3 Å². The monoisotopic (exact) mass is 261 g/mol. The lowest BCUT2D eigenvalue weighted by atomic mass is 9.94. The summed E-state index contributed by atoms with van der Waals surface area (Å²) >= 11 is 0. The van der Waals surface area contributed by atoms with Gasteiger partial charge < -0.3 is 10.4 Å². The maximum absolute atomic E-state index is 10.6. The molecule has 1 aromatic carbocycles. The minimum absolute atomic E-state index is 0.510. The van der Waals surface area contributed by atoms with E-state index in [1.165, 1.54) is 18.4 Å². The molecule has 0 spiro atoms. The van der Waals surface area contributed by atoms with Gasteiger partial charge in [-0.15, -0.1) is 0 Å². The Labute approximate surface area is 117 Å². The maximum atomic E-state index is 10.6. The molecule has 2 nitrogen and oxygen atoms in total. The van der Waals surface area contributed by atoms with Crippen molar-refractivity contribution in [2.24, 2.45) is 0 Å². The van der Waals surface area contributed by atoms with Crippen molar-refractivity contribution in [1.82, 2.24) is 0 Å². The molecule has 2 rings (SSSR count). The molecular weight excluding hydrogens is 234 g/mol. The van der Waals surface area contributed by atoms with Crippen molar-refractivity contribution in [2.45, 2.75) is 63.9 Å². The normalized spacial score (nSPS) is 19.2. The quantitative estimate of drug-likeness (QED) is 0.792. The summed E-state index contributed by atoms with van der Waals surface area (Å²) in [5, 5.41) is 14.1. The van der Waals surface area contributed by atoms with Gasteiger partial charge in [-0.1, -0.05) is 51.7 Å². The van der Waals surface area contributed by atoms with Crippen molar-refractivity contribution in [1.29, 1.82) is 0 Å². The average Bonchev–Trinajstić information content (AvgIpc) is 2.62. The third kappa shape index (κ3) is 4.24. The Morgan fingerprint density at radius 1 is 1.16 bits per heavy atom. The van der Waals surface area contributed by atoms with Crippen LogP contribution in [0.5, 0.6) is 0 Å². The predicted molar refractivity (Wildman–Crippen MR) is 81.7 cm³/mol. The van der Waals surface area contributed by atoms with E-state index in [1.807, 2.05) is 0 Å². The summed E-state index contributed by atoms with van der Waals surface area (Å²) < 4.78 is 0. The molecule has 19 heavy (non-hydrogen) atoms. The Morgan fingerprint density at radius 3 is 2.47 bits per heavy atom. The topological polar surface area (TPSA) is 32.3 Å². The van der Waals surface area contributed by atoms with Crippen LogP contribution in [0.3, 0.4) is 0 Å². The lowest BCUT2D eigenvalue weighted by Gasteiger charge is -2.27. The second-order valence-electron chi connectivity index (χ2n) is 6.27. The standard InChI is InChI=1S/C17H27NO/c1-14(2)15-8-7-9-16(12-15)18-13-17(19)10-5-3-4-6-11-17/h7-9,12,14,18-19H,3-6,10-11,13H2,1-2H3. The molecule has 0 aromatic heterocycles. The summed E-state index contributed by atoms with van der Waals surface area (Å²) in [6, 6.07) is 8.54. The van der Waals surface area contributed by atoms with Crippen LogP contribution in [-0.2, 0) is 0 Å². The molecule has 2 heteroatoms. The van der Waals surface area contributed by atoms with E-state index in [0.29, 0.717) is 12.5 Å². The zero-order valence-electron chi connectivity index (χ0n) is 12.3.